The van der Waals surface area contributed by atoms with Crippen LogP contribution in [0.4, 0.5) is 4.79 Å². The van der Waals surface area contributed by atoms with E-state index in [0.29, 0.717) is 12.5 Å². The van der Waals surface area contributed by atoms with E-state index >= 15 is 0 Å². The van der Waals surface area contributed by atoms with Crippen LogP contribution in [-0.2, 0) is 4.74 Å². The quantitative estimate of drug-likeness (QED) is 0.752. The molecule has 1 aliphatic rings. The molecule has 1 rings (SSSR count). The van der Waals surface area contributed by atoms with E-state index in [9.17, 15) is 4.79 Å². The maximum atomic E-state index is 11.5. The molecule has 0 bridgehead atoms. The molecule has 1 amide bonds. The average Bonchev–Trinajstić information content (AvgIpc) is 2.17. The standard InChI is InChI=1S/C12H25N3O2/c1-12(2,3)17-11(16)14-7-9-8-15(4)6-5-10(9)13/h9-10H,5-8,13H2,1-4H3,(H,14,16)/t9-,10+/m1/s1. The molecule has 2 atom stereocenters. The Hall–Kier alpha value is -0.810. The van der Waals surface area contributed by atoms with Gasteiger partial charge in [0.15, 0.2) is 0 Å². The molecule has 100 valence electrons. The first-order chi connectivity index (χ1) is 7.78. The smallest absolute Gasteiger partial charge is 0.407 e. The van der Waals surface area contributed by atoms with Crippen LogP contribution in [0.1, 0.15) is 27.2 Å². The lowest BCUT2D eigenvalue weighted by Crippen LogP contribution is -2.50. The Morgan fingerprint density at radius 2 is 2.18 bits per heavy atom. The van der Waals surface area contributed by atoms with Crippen molar-refractivity contribution in [1.29, 1.82) is 0 Å². The van der Waals surface area contributed by atoms with E-state index in [0.717, 1.165) is 19.5 Å². The summed E-state index contributed by atoms with van der Waals surface area (Å²) in [6.07, 6.45) is 0.620. The van der Waals surface area contributed by atoms with Crippen LogP contribution in [0.3, 0.4) is 0 Å². The molecule has 0 radical (unpaired) electrons. The van der Waals surface area contributed by atoms with Gasteiger partial charge in [-0.3, -0.25) is 0 Å². The van der Waals surface area contributed by atoms with Gasteiger partial charge < -0.3 is 20.7 Å². The van der Waals surface area contributed by atoms with Crippen molar-refractivity contribution in [3.05, 3.63) is 0 Å². The number of alkyl carbamates (subject to hydrolysis) is 1. The summed E-state index contributed by atoms with van der Waals surface area (Å²) < 4.78 is 5.19. The van der Waals surface area contributed by atoms with Crippen molar-refractivity contribution in [1.82, 2.24) is 10.2 Å². The third-order valence-electron chi connectivity index (χ3n) is 2.90. The summed E-state index contributed by atoms with van der Waals surface area (Å²) in [6, 6.07) is 0.168. The summed E-state index contributed by atoms with van der Waals surface area (Å²) in [6.45, 7) is 8.10. The number of hydrogen-bond acceptors (Lipinski definition) is 4. The first-order valence-electron chi connectivity index (χ1n) is 6.19. The first kappa shape index (κ1) is 14.3. The number of carbonyl (C=O) groups excluding carboxylic acids is 1. The zero-order chi connectivity index (χ0) is 13.1. The molecule has 1 fully saturated rings. The molecule has 0 aliphatic carbocycles. The van der Waals surface area contributed by atoms with Crippen molar-refractivity contribution in [2.24, 2.45) is 11.7 Å². The van der Waals surface area contributed by atoms with Gasteiger partial charge in [-0.05, 0) is 40.8 Å². The summed E-state index contributed by atoms with van der Waals surface area (Å²) in [5.41, 5.74) is 5.59. The number of likely N-dealkylation sites (tertiary alicyclic amines) is 1. The van der Waals surface area contributed by atoms with E-state index < -0.39 is 5.60 Å². The predicted molar refractivity (Wildman–Crippen MR) is 67.8 cm³/mol. The van der Waals surface area contributed by atoms with Crippen LogP contribution in [0.15, 0.2) is 0 Å². The van der Waals surface area contributed by atoms with Crippen LogP contribution >= 0.6 is 0 Å². The Bertz CT molecular complexity index is 263. The molecule has 17 heavy (non-hydrogen) atoms. The second-order valence-electron chi connectivity index (χ2n) is 5.86. The van der Waals surface area contributed by atoms with Gasteiger partial charge in [-0.2, -0.15) is 0 Å². The van der Waals surface area contributed by atoms with Gasteiger partial charge in [0, 0.05) is 25.0 Å². The number of nitrogens with two attached hydrogens (primary N) is 1. The van der Waals surface area contributed by atoms with Gasteiger partial charge in [-0.25, -0.2) is 4.79 Å². The number of piperidine rings is 1. The van der Waals surface area contributed by atoms with Gasteiger partial charge >= 0.3 is 6.09 Å². The second-order valence-corrected chi connectivity index (χ2v) is 5.86. The van der Waals surface area contributed by atoms with Crippen molar-refractivity contribution in [3.8, 4) is 0 Å². The highest BCUT2D eigenvalue weighted by Crippen LogP contribution is 2.13. The molecule has 0 aromatic heterocycles. The molecule has 0 aromatic carbocycles. The average molecular weight is 243 g/mol. The third kappa shape index (κ3) is 5.37. The molecule has 5 heteroatoms. The van der Waals surface area contributed by atoms with Crippen molar-refractivity contribution < 1.29 is 9.53 Å². The molecule has 0 unspecified atom stereocenters. The molecular weight excluding hydrogens is 218 g/mol. The SMILES string of the molecule is CN1CC[C@H](N)[C@H](CNC(=O)OC(C)(C)C)C1. The van der Waals surface area contributed by atoms with Gasteiger partial charge in [-0.1, -0.05) is 0 Å². The van der Waals surface area contributed by atoms with Gasteiger partial charge in [0.25, 0.3) is 0 Å². The molecule has 1 saturated heterocycles. The lowest BCUT2D eigenvalue weighted by atomic mass is 9.93. The van der Waals surface area contributed by atoms with Gasteiger partial charge in [0.1, 0.15) is 5.60 Å². The molecule has 0 spiro atoms. The lowest BCUT2D eigenvalue weighted by molar-refractivity contribution is 0.0506. The number of amides is 1. The molecule has 0 aromatic rings. The first-order valence-corrected chi connectivity index (χ1v) is 6.19. The highest BCUT2D eigenvalue weighted by molar-refractivity contribution is 5.67. The monoisotopic (exact) mass is 243 g/mol. The fraction of sp³-hybridized carbons (Fsp3) is 0.917. The van der Waals surface area contributed by atoms with Crippen LogP contribution in [0, 0.1) is 5.92 Å². The van der Waals surface area contributed by atoms with E-state index in [-0.39, 0.29) is 12.1 Å². The molecule has 0 saturated carbocycles. The number of nitrogens with zero attached hydrogens (tertiary/aromatic N) is 1. The minimum Gasteiger partial charge on any atom is -0.444 e. The van der Waals surface area contributed by atoms with Crippen molar-refractivity contribution >= 4 is 6.09 Å². The Morgan fingerprint density at radius 1 is 1.53 bits per heavy atom. The maximum Gasteiger partial charge on any atom is 0.407 e. The minimum absolute atomic E-state index is 0.168. The summed E-state index contributed by atoms with van der Waals surface area (Å²) >= 11 is 0. The number of carbonyl (C=O) groups is 1. The normalized spacial score (nSPS) is 26.6. The van der Waals surface area contributed by atoms with Crippen LogP contribution in [0.5, 0.6) is 0 Å². The maximum absolute atomic E-state index is 11.5. The number of rotatable bonds is 2. The van der Waals surface area contributed by atoms with E-state index in [1.807, 2.05) is 20.8 Å². The Balaban J connectivity index is 2.32. The second kappa shape index (κ2) is 5.69. The van der Waals surface area contributed by atoms with Crippen LogP contribution in [0.2, 0.25) is 0 Å². The van der Waals surface area contributed by atoms with Crippen LogP contribution < -0.4 is 11.1 Å². The van der Waals surface area contributed by atoms with Gasteiger partial charge in [0.2, 0.25) is 0 Å². The van der Waals surface area contributed by atoms with Crippen molar-refractivity contribution in [2.45, 2.75) is 38.8 Å². The Kier molecular flexibility index (Phi) is 4.77. The van der Waals surface area contributed by atoms with Gasteiger partial charge in [-0.15, -0.1) is 0 Å². The van der Waals surface area contributed by atoms with Crippen LogP contribution in [-0.4, -0.2) is 49.3 Å². The summed E-state index contributed by atoms with van der Waals surface area (Å²) in [5, 5.41) is 2.79. The molecular formula is C12H25N3O2. The largest absolute Gasteiger partial charge is 0.444 e. The highest BCUT2D eigenvalue weighted by atomic mass is 16.6. The van der Waals surface area contributed by atoms with Crippen molar-refractivity contribution in [3.63, 3.8) is 0 Å². The lowest BCUT2D eigenvalue weighted by Gasteiger charge is -2.34. The van der Waals surface area contributed by atoms with Crippen LogP contribution in [0.25, 0.3) is 0 Å². The number of ether oxygens (including phenoxy) is 1. The molecule has 1 aliphatic heterocycles. The minimum atomic E-state index is -0.449. The summed E-state index contributed by atoms with van der Waals surface area (Å²) in [4.78, 5) is 13.7. The fourth-order valence-electron chi connectivity index (χ4n) is 1.98. The Morgan fingerprint density at radius 3 is 2.76 bits per heavy atom. The fourth-order valence-corrected chi connectivity index (χ4v) is 1.98. The summed E-state index contributed by atoms with van der Waals surface area (Å²) in [5.74, 6) is 0.307. The number of hydrogen-bond donors (Lipinski definition) is 2. The van der Waals surface area contributed by atoms with E-state index in [4.69, 9.17) is 10.5 Å². The van der Waals surface area contributed by atoms with E-state index in [1.54, 1.807) is 0 Å². The molecule has 3 N–H and O–H groups in total. The molecule has 1 heterocycles. The van der Waals surface area contributed by atoms with Gasteiger partial charge in [0.05, 0.1) is 0 Å². The third-order valence-corrected chi connectivity index (χ3v) is 2.90. The van der Waals surface area contributed by atoms with E-state index in [1.165, 1.54) is 0 Å². The zero-order valence-electron chi connectivity index (χ0n) is 11.3. The summed E-state index contributed by atoms with van der Waals surface area (Å²) in [7, 11) is 2.08. The zero-order valence-corrected chi connectivity index (χ0v) is 11.3. The number of nitrogens with one attached hydrogen (secondary N) is 1. The van der Waals surface area contributed by atoms with Crippen molar-refractivity contribution in [2.75, 3.05) is 26.7 Å². The topological polar surface area (TPSA) is 67.6 Å². The predicted octanol–water partition coefficient (Wildman–Crippen LogP) is 0.790. The molecule has 5 nitrogen and oxygen atoms in total. The van der Waals surface area contributed by atoms with E-state index in [2.05, 4.69) is 17.3 Å². The highest BCUT2D eigenvalue weighted by Gasteiger charge is 2.25. The Labute approximate surface area is 104 Å².